The minimum atomic E-state index is -0.536. The van der Waals surface area contributed by atoms with E-state index in [1.54, 1.807) is 31.2 Å². The van der Waals surface area contributed by atoms with Gasteiger partial charge in [0.25, 0.3) is 11.4 Å². The summed E-state index contributed by atoms with van der Waals surface area (Å²) >= 11 is 0. The molecule has 0 unspecified atom stereocenters. The van der Waals surface area contributed by atoms with Crippen LogP contribution in [0.5, 0.6) is 11.5 Å². The lowest BCUT2D eigenvalue weighted by Crippen LogP contribution is -2.21. The van der Waals surface area contributed by atoms with Crippen LogP contribution < -0.4 is 10.3 Å². The highest BCUT2D eigenvalue weighted by Gasteiger charge is 2.23. The van der Waals surface area contributed by atoms with E-state index in [0.29, 0.717) is 29.0 Å². The molecular formula is C23H22FN3O4. The lowest BCUT2D eigenvalue weighted by molar-refractivity contribution is 0.271. The predicted octanol–water partition coefficient (Wildman–Crippen LogP) is 4.62. The molecule has 0 aliphatic heterocycles. The fourth-order valence-electron chi connectivity index (χ4n) is 3.32. The number of rotatable bonds is 6. The maximum Gasteiger partial charge on any atom is 0.267 e. The van der Waals surface area contributed by atoms with Gasteiger partial charge in [-0.1, -0.05) is 19.0 Å². The smallest absolute Gasteiger partial charge is 0.267 e. The molecule has 0 saturated carbocycles. The number of benzene rings is 2. The van der Waals surface area contributed by atoms with E-state index in [1.807, 2.05) is 0 Å². The highest BCUT2D eigenvalue weighted by molar-refractivity contribution is 5.91. The molecule has 7 nitrogen and oxygen atoms in total. The lowest BCUT2D eigenvalue weighted by atomic mass is 10.1. The van der Waals surface area contributed by atoms with E-state index in [0.717, 1.165) is 5.75 Å². The number of fused-ring (bicyclic) bond motifs is 1. The average molecular weight is 423 g/mol. The van der Waals surface area contributed by atoms with Gasteiger partial charge < -0.3 is 18.9 Å². The molecule has 4 rings (SSSR count). The molecular weight excluding hydrogens is 401 g/mol. The summed E-state index contributed by atoms with van der Waals surface area (Å²) in [4.78, 5) is 17.3. The Balaban J connectivity index is 1.74. The van der Waals surface area contributed by atoms with Crippen molar-refractivity contribution in [1.82, 2.24) is 14.7 Å². The molecule has 4 aromatic rings. The molecule has 2 heterocycles. The second-order valence-corrected chi connectivity index (χ2v) is 7.59. The number of aryl methyl sites for hydroxylation is 1. The first-order chi connectivity index (χ1) is 14.9. The Kier molecular flexibility index (Phi) is 5.46. The van der Waals surface area contributed by atoms with Crippen LogP contribution in [0.25, 0.3) is 33.7 Å². The summed E-state index contributed by atoms with van der Waals surface area (Å²) in [7, 11) is 0. The van der Waals surface area contributed by atoms with Gasteiger partial charge in [0, 0.05) is 17.5 Å². The molecule has 0 spiro atoms. The van der Waals surface area contributed by atoms with Crippen LogP contribution in [0.2, 0.25) is 0 Å². The first-order valence-corrected chi connectivity index (χ1v) is 10.0. The first kappa shape index (κ1) is 20.6. The Bertz CT molecular complexity index is 1290. The highest BCUT2D eigenvalue weighted by Crippen LogP contribution is 2.33. The number of hydrogen-bond acceptors (Lipinski definition) is 6. The van der Waals surface area contributed by atoms with Gasteiger partial charge in [-0.25, -0.2) is 4.39 Å². The Labute approximate surface area is 177 Å². The summed E-state index contributed by atoms with van der Waals surface area (Å²) in [6, 6.07) is 11.0. The fraction of sp³-hybridized carbons (Fsp3) is 0.261. The Morgan fingerprint density at radius 1 is 1.19 bits per heavy atom. The van der Waals surface area contributed by atoms with E-state index in [2.05, 4.69) is 24.0 Å². The molecule has 0 aliphatic carbocycles. The number of hydrogen-bond donors (Lipinski definition) is 1. The molecule has 160 valence electrons. The third-order valence-corrected chi connectivity index (χ3v) is 4.85. The zero-order valence-corrected chi connectivity index (χ0v) is 17.4. The molecule has 8 heteroatoms. The van der Waals surface area contributed by atoms with Crippen LogP contribution in [0, 0.1) is 11.7 Å². The molecule has 0 radical (unpaired) electrons. The molecule has 0 amide bonds. The van der Waals surface area contributed by atoms with Gasteiger partial charge in [-0.15, -0.1) is 0 Å². The van der Waals surface area contributed by atoms with Crippen molar-refractivity contribution in [1.29, 1.82) is 0 Å². The highest BCUT2D eigenvalue weighted by atomic mass is 19.1. The fourth-order valence-corrected chi connectivity index (χ4v) is 3.32. The van der Waals surface area contributed by atoms with E-state index >= 15 is 0 Å². The van der Waals surface area contributed by atoms with E-state index < -0.39 is 11.4 Å². The summed E-state index contributed by atoms with van der Waals surface area (Å²) < 4.78 is 26.0. The minimum absolute atomic E-state index is 0.106. The van der Waals surface area contributed by atoms with Gasteiger partial charge in [0.2, 0.25) is 5.82 Å². The number of pyridine rings is 1. The summed E-state index contributed by atoms with van der Waals surface area (Å²) in [6.45, 7) is 6.79. The monoisotopic (exact) mass is 423 g/mol. The molecule has 0 saturated heterocycles. The Morgan fingerprint density at radius 2 is 1.94 bits per heavy atom. The van der Waals surface area contributed by atoms with Crippen LogP contribution in [-0.2, 0) is 6.54 Å². The normalized spacial score (nSPS) is 11.4. The molecule has 2 aromatic heterocycles. The van der Waals surface area contributed by atoms with Crippen LogP contribution in [0.3, 0.4) is 0 Å². The minimum Gasteiger partial charge on any atom is -0.506 e. The maximum atomic E-state index is 13.7. The van der Waals surface area contributed by atoms with E-state index in [1.165, 1.54) is 22.8 Å². The van der Waals surface area contributed by atoms with Crippen LogP contribution >= 0.6 is 0 Å². The maximum absolute atomic E-state index is 13.7. The van der Waals surface area contributed by atoms with Crippen molar-refractivity contribution in [2.45, 2.75) is 27.3 Å². The Hall–Kier alpha value is -3.68. The predicted molar refractivity (Wildman–Crippen MR) is 115 cm³/mol. The van der Waals surface area contributed by atoms with Crippen LogP contribution in [0.1, 0.15) is 20.8 Å². The third-order valence-electron chi connectivity index (χ3n) is 4.85. The number of aromatic nitrogens is 3. The van der Waals surface area contributed by atoms with E-state index in [-0.39, 0.29) is 29.6 Å². The molecule has 0 bridgehead atoms. The number of halogens is 1. The van der Waals surface area contributed by atoms with E-state index in [9.17, 15) is 14.3 Å². The number of aromatic hydroxyl groups is 1. The van der Waals surface area contributed by atoms with Crippen molar-refractivity contribution in [3.8, 4) is 34.3 Å². The zero-order chi connectivity index (χ0) is 22.1. The molecule has 0 fully saturated rings. The van der Waals surface area contributed by atoms with Crippen molar-refractivity contribution in [3.63, 3.8) is 0 Å². The quantitative estimate of drug-likeness (QED) is 0.487. The molecule has 31 heavy (non-hydrogen) atoms. The van der Waals surface area contributed by atoms with Crippen molar-refractivity contribution in [2.24, 2.45) is 5.92 Å². The zero-order valence-electron chi connectivity index (χ0n) is 17.4. The number of nitrogens with zero attached hydrogens (tertiary/aromatic N) is 3. The third kappa shape index (κ3) is 3.88. The van der Waals surface area contributed by atoms with Gasteiger partial charge in [-0.05, 0) is 55.3 Å². The standard InChI is InChI=1S/C23H22FN3O4/c1-4-27-18-11-15(24)7-10-17(18)20(28)19(23(27)29)22-25-21(26-31-22)14-5-8-16(9-6-14)30-12-13(2)3/h5-11,13,28H,4,12H2,1-3H3. The van der Waals surface area contributed by atoms with Crippen molar-refractivity contribution in [2.75, 3.05) is 6.61 Å². The van der Waals surface area contributed by atoms with Gasteiger partial charge in [0.15, 0.2) is 0 Å². The SMILES string of the molecule is CCn1c(=O)c(-c2nc(-c3ccc(OCC(C)C)cc3)no2)c(O)c2ccc(F)cc21. The second kappa shape index (κ2) is 8.22. The molecule has 0 atom stereocenters. The number of ether oxygens (including phenoxy) is 1. The van der Waals surface area contributed by atoms with Gasteiger partial charge >= 0.3 is 0 Å². The lowest BCUT2D eigenvalue weighted by Gasteiger charge is -2.11. The molecule has 0 aliphatic rings. The summed E-state index contributed by atoms with van der Waals surface area (Å²) in [6.07, 6.45) is 0. The Morgan fingerprint density at radius 3 is 2.61 bits per heavy atom. The van der Waals surface area contributed by atoms with E-state index in [4.69, 9.17) is 9.26 Å². The van der Waals surface area contributed by atoms with Gasteiger partial charge in [-0.2, -0.15) is 4.98 Å². The van der Waals surface area contributed by atoms with Crippen molar-refractivity contribution < 1.29 is 18.8 Å². The van der Waals surface area contributed by atoms with Gasteiger partial charge in [-0.3, -0.25) is 4.79 Å². The van der Waals surface area contributed by atoms with Crippen molar-refractivity contribution in [3.05, 3.63) is 58.6 Å². The summed E-state index contributed by atoms with van der Waals surface area (Å²) in [5.74, 6) is 0.487. The van der Waals surface area contributed by atoms with Gasteiger partial charge in [0.1, 0.15) is 22.9 Å². The topological polar surface area (TPSA) is 90.4 Å². The summed E-state index contributed by atoms with van der Waals surface area (Å²) in [5, 5.41) is 15.0. The van der Waals surface area contributed by atoms with Crippen LogP contribution in [0.15, 0.2) is 51.8 Å². The second-order valence-electron chi connectivity index (χ2n) is 7.59. The van der Waals surface area contributed by atoms with Crippen LogP contribution in [-0.4, -0.2) is 26.4 Å². The molecule has 1 N–H and O–H groups in total. The van der Waals surface area contributed by atoms with Crippen LogP contribution in [0.4, 0.5) is 4.39 Å². The molecule has 2 aromatic carbocycles. The summed E-state index contributed by atoms with van der Waals surface area (Å²) in [5.41, 5.74) is 0.317. The average Bonchev–Trinajstić information content (AvgIpc) is 3.22. The van der Waals surface area contributed by atoms with Gasteiger partial charge in [0.05, 0.1) is 12.1 Å². The van der Waals surface area contributed by atoms with Crippen molar-refractivity contribution >= 4 is 10.9 Å². The first-order valence-electron chi connectivity index (χ1n) is 10.0. The largest absolute Gasteiger partial charge is 0.506 e.